The van der Waals surface area contributed by atoms with Crippen molar-refractivity contribution in [2.75, 3.05) is 13.2 Å². The monoisotopic (exact) mass is 450 g/mol. The van der Waals surface area contributed by atoms with Crippen LogP contribution in [-0.2, 0) is 13.1 Å². The molecule has 0 amide bonds. The van der Waals surface area contributed by atoms with Crippen LogP contribution in [0.4, 0.5) is 0 Å². The number of carboxylic acids is 1. The smallest absolute Gasteiger partial charge is 0.336 e. The lowest BCUT2D eigenvalue weighted by Crippen LogP contribution is -2.31. The molecule has 5 heteroatoms. The van der Waals surface area contributed by atoms with E-state index in [2.05, 4.69) is 23.1 Å². The molecular formula is C29H26N2O3. The zero-order valence-corrected chi connectivity index (χ0v) is 19.1. The number of hydrogen-bond donors (Lipinski definition) is 1. The molecule has 1 aliphatic heterocycles. The third kappa shape index (κ3) is 4.30. The van der Waals surface area contributed by atoms with E-state index in [0.29, 0.717) is 36.2 Å². The molecule has 34 heavy (non-hydrogen) atoms. The molecule has 0 fully saturated rings. The maximum Gasteiger partial charge on any atom is 0.336 e. The van der Waals surface area contributed by atoms with Gasteiger partial charge in [-0.25, -0.2) is 9.78 Å². The summed E-state index contributed by atoms with van der Waals surface area (Å²) < 4.78 is 5.85. The number of nitrogens with zero attached hydrogens (tertiary/aromatic N) is 2. The molecule has 1 N–H and O–H groups in total. The first-order valence-electron chi connectivity index (χ1n) is 11.5. The minimum absolute atomic E-state index is 0.336. The molecule has 1 aliphatic rings. The van der Waals surface area contributed by atoms with E-state index >= 15 is 0 Å². The SMILES string of the molecule is CCOc1ccccc1C=C1CN(Cc2ccccc2)Cc2c1nc1ccccc1c2C(=O)O. The number of aromatic nitrogens is 1. The van der Waals surface area contributed by atoms with Crippen molar-refractivity contribution in [1.29, 1.82) is 0 Å². The summed E-state index contributed by atoms with van der Waals surface area (Å²) in [5.41, 5.74) is 5.67. The topological polar surface area (TPSA) is 62.7 Å². The molecule has 5 rings (SSSR count). The van der Waals surface area contributed by atoms with Crippen molar-refractivity contribution in [3.8, 4) is 5.75 Å². The lowest BCUT2D eigenvalue weighted by atomic mass is 9.91. The molecule has 0 unspecified atom stereocenters. The third-order valence-corrected chi connectivity index (χ3v) is 6.08. The van der Waals surface area contributed by atoms with Crippen LogP contribution in [0.3, 0.4) is 0 Å². The van der Waals surface area contributed by atoms with Crippen molar-refractivity contribution in [1.82, 2.24) is 9.88 Å². The van der Waals surface area contributed by atoms with Gasteiger partial charge in [0, 0.05) is 36.1 Å². The molecule has 3 aromatic carbocycles. The van der Waals surface area contributed by atoms with Crippen molar-refractivity contribution in [3.05, 3.63) is 107 Å². The summed E-state index contributed by atoms with van der Waals surface area (Å²) in [5.74, 6) is -0.121. The number of carboxylic acid groups (broad SMARTS) is 1. The van der Waals surface area contributed by atoms with Gasteiger partial charge in [-0.3, -0.25) is 4.90 Å². The second-order valence-electron chi connectivity index (χ2n) is 8.41. The van der Waals surface area contributed by atoms with Crippen LogP contribution in [0.2, 0.25) is 0 Å². The van der Waals surface area contributed by atoms with Gasteiger partial charge < -0.3 is 9.84 Å². The van der Waals surface area contributed by atoms with Gasteiger partial charge in [-0.15, -0.1) is 0 Å². The van der Waals surface area contributed by atoms with Gasteiger partial charge in [0.2, 0.25) is 0 Å². The van der Waals surface area contributed by atoms with E-state index in [0.717, 1.165) is 34.7 Å². The molecular weight excluding hydrogens is 424 g/mol. The number of pyridine rings is 1. The molecule has 0 atom stereocenters. The average Bonchev–Trinajstić information content (AvgIpc) is 2.84. The van der Waals surface area contributed by atoms with Crippen molar-refractivity contribution < 1.29 is 14.6 Å². The Morgan fingerprint density at radius 1 is 1.00 bits per heavy atom. The number of hydrogen-bond acceptors (Lipinski definition) is 4. The minimum Gasteiger partial charge on any atom is -0.493 e. The van der Waals surface area contributed by atoms with E-state index < -0.39 is 5.97 Å². The highest BCUT2D eigenvalue weighted by molar-refractivity contribution is 6.06. The summed E-state index contributed by atoms with van der Waals surface area (Å²) >= 11 is 0. The average molecular weight is 451 g/mol. The zero-order chi connectivity index (χ0) is 23.5. The summed E-state index contributed by atoms with van der Waals surface area (Å²) in [6, 6.07) is 25.7. The number of fused-ring (bicyclic) bond motifs is 2. The normalized spacial score (nSPS) is 14.8. The molecule has 0 saturated heterocycles. The van der Waals surface area contributed by atoms with Gasteiger partial charge in [0.25, 0.3) is 0 Å². The summed E-state index contributed by atoms with van der Waals surface area (Å²) in [4.78, 5) is 19.7. The van der Waals surface area contributed by atoms with E-state index in [-0.39, 0.29) is 0 Å². The van der Waals surface area contributed by atoms with Crippen LogP contribution in [-0.4, -0.2) is 34.1 Å². The van der Waals surface area contributed by atoms with Gasteiger partial charge in [0.1, 0.15) is 5.75 Å². The number of aromatic carboxylic acids is 1. The molecule has 170 valence electrons. The van der Waals surface area contributed by atoms with Crippen LogP contribution >= 0.6 is 0 Å². The first-order chi connectivity index (χ1) is 16.6. The second-order valence-corrected chi connectivity index (χ2v) is 8.41. The van der Waals surface area contributed by atoms with Gasteiger partial charge in [-0.05, 0) is 36.3 Å². The van der Waals surface area contributed by atoms with Gasteiger partial charge in [-0.1, -0.05) is 66.7 Å². The van der Waals surface area contributed by atoms with Gasteiger partial charge in [0.05, 0.1) is 23.4 Å². The van der Waals surface area contributed by atoms with Crippen molar-refractivity contribution in [2.24, 2.45) is 0 Å². The third-order valence-electron chi connectivity index (χ3n) is 6.08. The van der Waals surface area contributed by atoms with Crippen LogP contribution in [0.5, 0.6) is 5.75 Å². The van der Waals surface area contributed by atoms with E-state index in [1.54, 1.807) is 0 Å². The molecule has 5 nitrogen and oxygen atoms in total. The van der Waals surface area contributed by atoms with E-state index in [9.17, 15) is 9.90 Å². The van der Waals surface area contributed by atoms with Crippen LogP contribution in [0, 0.1) is 0 Å². The number of rotatable bonds is 6. The zero-order valence-electron chi connectivity index (χ0n) is 19.1. The summed E-state index contributed by atoms with van der Waals surface area (Å²) in [6.07, 6.45) is 2.09. The van der Waals surface area contributed by atoms with E-state index in [1.165, 1.54) is 5.56 Å². The standard InChI is InChI=1S/C29H26N2O3/c1-2-34-26-15-9-6-12-21(26)16-22-18-31(17-20-10-4-3-5-11-20)19-24-27(29(32)33)23-13-7-8-14-25(23)30-28(22)24/h3-16H,2,17-19H2,1H3,(H,32,33). The van der Waals surface area contributed by atoms with Crippen LogP contribution in [0.15, 0.2) is 78.9 Å². The highest BCUT2D eigenvalue weighted by atomic mass is 16.5. The molecule has 1 aromatic heterocycles. The first kappa shape index (κ1) is 21.9. The van der Waals surface area contributed by atoms with Gasteiger partial charge >= 0.3 is 5.97 Å². The first-order valence-corrected chi connectivity index (χ1v) is 11.5. The van der Waals surface area contributed by atoms with Crippen molar-refractivity contribution in [3.63, 3.8) is 0 Å². The van der Waals surface area contributed by atoms with Crippen molar-refractivity contribution in [2.45, 2.75) is 20.0 Å². The summed E-state index contributed by atoms with van der Waals surface area (Å²) in [7, 11) is 0. The van der Waals surface area contributed by atoms with E-state index in [1.807, 2.05) is 73.7 Å². The van der Waals surface area contributed by atoms with Crippen LogP contribution in [0.25, 0.3) is 22.6 Å². The number of benzene rings is 3. The Morgan fingerprint density at radius 2 is 1.74 bits per heavy atom. The fourth-order valence-corrected chi connectivity index (χ4v) is 4.65. The Kier molecular flexibility index (Phi) is 6.11. The van der Waals surface area contributed by atoms with E-state index in [4.69, 9.17) is 9.72 Å². The second kappa shape index (κ2) is 9.49. The molecule has 0 bridgehead atoms. The highest BCUT2D eigenvalue weighted by Crippen LogP contribution is 2.35. The number of carbonyl (C=O) groups is 1. The molecule has 0 radical (unpaired) electrons. The van der Waals surface area contributed by atoms with Crippen LogP contribution < -0.4 is 4.74 Å². The Hall–Kier alpha value is -3.96. The molecule has 0 spiro atoms. The highest BCUT2D eigenvalue weighted by Gasteiger charge is 2.28. The maximum atomic E-state index is 12.5. The predicted octanol–water partition coefficient (Wildman–Crippen LogP) is 5.89. The quantitative estimate of drug-likeness (QED) is 0.397. The Labute approximate surface area is 199 Å². The lowest BCUT2D eigenvalue weighted by Gasteiger charge is -2.31. The Balaban J connectivity index is 1.69. The molecule has 2 heterocycles. The summed E-state index contributed by atoms with van der Waals surface area (Å²) in [5, 5.41) is 10.9. The Morgan fingerprint density at radius 3 is 2.53 bits per heavy atom. The van der Waals surface area contributed by atoms with Gasteiger partial charge in [-0.2, -0.15) is 0 Å². The van der Waals surface area contributed by atoms with Gasteiger partial charge in [0.15, 0.2) is 0 Å². The molecule has 0 aliphatic carbocycles. The van der Waals surface area contributed by atoms with Crippen molar-refractivity contribution >= 4 is 28.5 Å². The number of ether oxygens (including phenoxy) is 1. The van der Waals surface area contributed by atoms with Crippen LogP contribution in [0.1, 0.15) is 39.7 Å². The maximum absolute atomic E-state index is 12.5. The summed E-state index contributed by atoms with van der Waals surface area (Å²) in [6.45, 7) is 4.44. The largest absolute Gasteiger partial charge is 0.493 e. The predicted molar refractivity (Wildman–Crippen MR) is 135 cm³/mol. The number of para-hydroxylation sites is 2. The minimum atomic E-state index is -0.925. The fraction of sp³-hybridized carbons (Fsp3) is 0.172. The lowest BCUT2D eigenvalue weighted by molar-refractivity contribution is 0.0696. The molecule has 0 saturated carbocycles. The fourth-order valence-electron chi connectivity index (χ4n) is 4.65. The Bertz CT molecular complexity index is 1380. The molecule has 4 aromatic rings.